The van der Waals surface area contributed by atoms with Gasteiger partial charge in [0.2, 0.25) is 10.0 Å². The summed E-state index contributed by atoms with van der Waals surface area (Å²) in [5.74, 6) is 1.39. The molecule has 0 aliphatic rings. The van der Waals surface area contributed by atoms with E-state index in [1.165, 1.54) is 0 Å². The van der Waals surface area contributed by atoms with E-state index in [4.69, 9.17) is 4.98 Å². The number of nitrogens with zero attached hydrogens (tertiary/aromatic N) is 4. The van der Waals surface area contributed by atoms with Crippen molar-refractivity contribution in [2.75, 3.05) is 11.0 Å². The Kier molecular flexibility index (Phi) is 4.31. The van der Waals surface area contributed by atoms with Crippen LogP contribution in [-0.4, -0.2) is 33.8 Å². The lowest BCUT2D eigenvalue weighted by Crippen LogP contribution is -2.11. The molecule has 0 unspecified atom stereocenters. The first-order chi connectivity index (χ1) is 11.3. The summed E-state index contributed by atoms with van der Waals surface area (Å²) < 4.78 is 29.5. The molecule has 0 aliphatic carbocycles. The molecule has 0 radical (unpaired) electrons. The van der Waals surface area contributed by atoms with E-state index in [1.54, 1.807) is 24.7 Å². The quantitative estimate of drug-likeness (QED) is 0.742. The molecule has 0 saturated carbocycles. The molecule has 3 aromatic rings. The highest BCUT2D eigenvalue weighted by molar-refractivity contribution is 7.92. The van der Waals surface area contributed by atoms with Crippen molar-refractivity contribution < 1.29 is 8.42 Å². The van der Waals surface area contributed by atoms with E-state index in [2.05, 4.69) is 28.1 Å². The monoisotopic (exact) mass is 347 g/mol. The predicted molar refractivity (Wildman–Crippen MR) is 94.4 cm³/mol. The highest BCUT2D eigenvalue weighted by atomic mass is 32.2. The van der Waals surface area contributed by atoms with E-state index in [-0.39, 0.29) is 0 Å². The second kappa shape index (κ2) is 6.27. The number of rotatable bonds is 6. The van der Waals surface area contributed by atoms with E-state index < -0.39 is 10.0 Å². The van der Waals surface area contributed by atoms with Crippen molar-refractivity contribution in [2.24, 2.45) is 5.92 Å². The zero-order chi connectivity index (χ0) is 17.3. The summed E-state index contributed by atoms with van der Waals surface area (Å²) in [6, 6.07) is 5.45. The van der Waals surface area contributed by atoms with Gasteiger partial charge in [0.15, 0.2) is 0 Å². The van der Waals surface area contributed by atoms with E-state index in [0.29, 0.717) is 18.2 Å². The summed E-state index contributed by atoms with van der Waals surface area (Å²) in [7, 11) is -3.31. The Hall–Kier alpha value is -2.35. The molecule has 1 aromatic carbocycles. The molecule has 24 heavy (non-hydrogen) atoms. The van der Waals surface area contributed by atoms with Gasteiger partial charge >= 0.3 is 0 Å². The van der Waals surface area contributed by atoms with Crippen molar-refractivity contribution in [3.05, 3.63) is 42.7 Å². The number of anilines is 1. The van der Waals surface area contributed by atoms with Crippen molar-refractivity contribution in [1.82, 2.24) is 19.1 Å². The summed E-state index contributed by atoms with van der Waals surface area (Å²) in [4.78, 5) is 8.78. The second-order valence-corrected chi connectivity index (χ2v) is 8.09. The molecule has 0 bridgehead atoms. The molecule has 2 heterocycles. The van der Waals surface area contributed by atoms with Gasteiger partial charge in [-0.1, -0.05) is 13.8 Å². The minimum atomic E-state index is -3.31. The zero-order valence-electron chi connectivity index (χ0n) is 14.0. The molecule has 0 atom stereocenters. The Labute approximate surface area is 141 Å². The van der Waals surface area contributed by atoms with Crippen LogP contribution >= 0.6 is 0 Å². The van der Waals surface area contributed by atoms with Gasteiger partial charge in [0.05, 0.1) is 35.8 Å². The standard InChI is InChI=1S/C16H21N5O2S/c1-12(2)9-21-15-5-4-13(19-24(3,22)23)8-14(15)18-16(21)10-20-7-6-17-11-20/h4-8,11-12,19H,9-10H2,1-3H3. The van der Waals surface area contributed by atoms with Crippen LogP contribution in [0.25, 0.3) is 11.0 Å². The van der Waals surface area contributed by atoms with Crippen LogP contribution in [0.4, 0.5) is 5.69 Å². The maximum atomic E-state index is 11.4. The third kappa shape index (κ3) is 3.76. The number of nitrogens with one attached hydrogen (secondary N) is 1. The fraction of sp³-hybridized carbons (Fsp3) is 0.375. The Balaban J connectivity index is 2.04. The fourth-order valence-electron chi connectivity index (χ4n) is 2.69. The van der Waals surface area contributed by atoms with Crippen LogP contribution in [0.5, 0.6) is 0 Å². The molecule has 0 fully saturated rings. The maximum Gasteiger partial charge on any atom is 0.229 e. The molecule has 0 spiro atoms. The summed E-state index contributed by atoms with van der Waals surface area (Å²) in [5, 5.41) is 0. The highest BCUT2D eigenvalue weighted by Crippen LogP contribution is 2.23. The average molecular weight is 347 g/mol. The first-order valence-electron chi connectivity index (χ1n) is 7.74. The zero-order valence-corrected chi connectivity index (χ0v) is 14.8. The first kappa shape index (κ1) is 16.5. The van der Waals surface area contributed by atoms with Gasteiger partial charge in [0, 0.05) is 18.9 Å². The van der Waals surface area contributed by atoms with Crippen LogP contribution in [-0.2, 0) is 23.1 Å². The van der Waals surface area contributed by atoms with E-state index in [9.17, 15) is 8.42 Å². The molecule has 128 valence electrons. The lowest BCUT2D eigenvalue weighted by atomic mass is 10.2. The smallest absolute Gasteiger partial charge is 0.229 e. The van der Waals surface area contributed by atoms with Gasteiger partial charge in [-0.3, -0.25) is 4.72 Å². The van der Waals surface area contributed by atoms with E-state index >= 15 is 0 Å². The van der Waals surface area contributed by atoms with Crippen LogP contribution in [0.15, 0.2) is 36.9 Å². The van der Waals surface area contributed by atoms with Crippen molar-refractivity contribution in [3.8, 4) is 0 Å². The first-order valence-corrected chi connectivity index (χ1v) is 9.63. The van der Waals surface area contributed by atoms with Crippen LogP contribution in [0.2, 0.25) is 0 Å². The molecule has 1 N–H and O–H groups in total. The summed E-state index contributed by atoms with van der Waals surface area (Å²) in [5.41, 5.74) is 2.30. The topological polar surface area (TPSA) is 81.8 Å². The van der Waals surface area contributed by atoms with Gasteiger partial charge in [-0.05, 0) is 24.1 Å². The number of aromatic nitrogens is 4. The number of fused-ring (bicyclic) bond motifs is 1. The molecule has 8 heteroatoms. The van der Waals surface area contributed by atoms with Crippen molar-refractivity contribution in [3.63, 3.8) is 0 Å². The third-order valence-corrected chi connectivity index (χ3v) is 4.17. The highest BCUT2D eigenvalue weighted by Gasteiger charge is 2.13. The van der Waals surface area contributed by atoms with E-state index in [0.717, 1.165) is 29.7 Å². The minimum absolute atomic E-state index is 0.470. The Morgan fingerprint density at radius 2 is 2.08 bits per heavy atom. The molecule has 0 saturated heterocycles. The van der Waals surface area contributed by atoms with Crippen LogP contribution in [0.1, 0.15) is 19.7 Å². The number of hydrogen-bond donors (Lipinski definition) is 1. The Bertz CT molecular complexity index is 942. The SMILES string of the molecule is CC(C)Cn1c(Cn2ccnc2)nc2cc(NS(C)(=O)=O)ccc21. The third-order valence-electron chi connectivity index (χ3n) is 3.56. The van der Waals surface area contributed by atoms with E-state index in [1.807, 2.05) is 16.8 Å². The summed E-state index contributed by atoms with van der Waals surface area (Å²) in [6.07, 6.45) is 6.54. The molecule has 3 rings (SSSR count). The Morgan fingerprint density at radius 3 is 2.71 bits per heavy atom. The van der Waals surface area contributed by atoms with Crippen LogP contribution in [0.3, 0.4) is 0 Å². The van der Waals surface area contributed by atoms with Gasteiger partial charge in [-0.2, -0.15) is 0 Å². The van der Waals surface area contributed by atoms with Gasteiger partial charge in [-0.15, -0.1) is 0 Å². The number of imidazole rings is 2. The second-order valence-electron chi connectivity index (χ2n) is 6.35. The molecule has 0 amide bonds. The Morgan fingerprint density at radius 1 is 1.29 bits per heavy atom. The van der Waals surface area contributed by atoms with Crippen molar-refractivity contribution in [2.45, 2.75) is 26.9 Å². The lowest BCUT2D eigenvalue weighted by molar-refractivity contribution is 0.510. The van der Waals surface area contributed by atoms with Gasteiger partial charge < -0.3 is 9.13 Å². The molecule has 7 nitrogen and oxygen atoms in total. The van der Waals surface area contributed by atoms with Gasteiger partial charge in [0.1, 0.15) is 5.82 Å². The lowest BCUT2D eigenvalue weighted by Gasteiger charge is -2.12. The van der Waals surface area contributed by atoms with Gasteiger partial charge in [-0.25, -0.2) is 18.4 Å². The van der Waals surface area contributed by atoms with Crippen LogP contribution in [0, 0.1) is 5.92 Å². The summed E-state index contributed by atoms with van der Waals surface area (Å²) >= 11 is 0. The minimum Gasteiger partial charge on any atom is -0.330 e. The number of hydrogen-bond acceptors (Lipinski definition) is 4. The molecular formula is C16H21N5O2S. The summed E-state index contributed by atoms with van der Waals surface area (Å²) in [6.45, 7) is 5.79. The molecule has 0 aliphatic heterocycles. The number of benzene rings is 1. The van der Waals surface area contributed by atoms with Crippen molar-refractivity contribution in [1.29, 1.82) is 0 Å². The normalized spacial score (nSPS) is 12.2. The van der Waals surface area contributed by atoms with Crippen molar-refractivity contribution >= 4 is 26.7 Å². The molecular weight excluding hydrogens is 326 g/mol. The largest absolute Gasteiger partial charge is 0.330 e. The fourth-order valence-corrected chi connectivity index (χ4v) is 3.25. The molecule has 2 aromatic heterocycles. The van der Waals surface area contributed by atoms with Crippen LogP contribution < -0.4 is 4.72 Å². The number of sulfonamides is 1. The maximum absolute atomic E-state index is 11.4. The predicted octanol–water partition coefficient (Wildman–Crippen LogP) is 2.31. The van der Waals surface area contributed by atoms with Gasteiger partial charge in [0.25, 0.3) is 0 Å². The average Bonchev–Trinajstić information content (AvgIpc) is 3.06.